The third-order valence-corrected chi connectivity index (χ3v) is 4.23. The summed E-state index contributed by atoms with van der Waals surface area (Å²) in [5, 5.41) is 5.69. The maximum absolute atomic E-state index is 12.1. The normalized spacial score (nSPS) is 30.6. The Labute approximate surface area is 122 Å². The average Bonchev–Trinajstić information content (AvgIpc) is 2.44. The van der Waals surface area contributed by atoms with Crippen molar-refractivity contribution in [1.82, 2.24) is 10.6 Å². The molecule has 3 heterocycles. The Morgan fingerprint density at radius 1 is 1.14 bits per heavy atom. The van der Waals surface area contributed by atoms with E-state index in [2.05, 4.69) is 10.6 Å². The van der Waals surface area contributed by atoms with Gasteiger partial charge in [-0.3, -0.25) is 9.59 Å². The fourth-order valence-electron chi connectivity index (χ4n) is 3.29. The average molecular weight is 290 g/mol. The van der Waals surface area contributed by atoms with E-state index in [-0.39, 0.29) is 17.7 Å². The minimum Gasteiger partial charge on any atom is -0.497 e. The van der Waals surface area contributed by atoms with E-state index in [1.165, 1.54) is 0 Å². The van der Waals surface area contributed by atoms with Crippen molar-refractivity contribution in [3.05, 3.63) is 23.8 Å². The molecule has 21 heavy (non-hydrogen) atoms. The van der Waals surface area contributed by atoms with Crippen molar-refractivity contribution in [1.29, 1.82) is 0 Å². The van der Waals surface area contributed by atoms with Gasteiger partial charge in [0.15, 0.2) is 0 Å². The van der Waals surface area contributed by atoms with E-state index in [9.17, 15) is 9.59 Å². The molecule has 0 saturated carbocycles. The highest BCUT2D eigenvalue weighted by atomic mass is 16.5. The zero-order valence-corrected chi connectivity index (χ0v) is 12.2. The Kier molecular flexibility index (Phi) is 3.04. The first-order valence-electron chi connectivity index (χ1n) is 6.83. The van der Waals surface area contributed by atoms with Gasteiger partial charge < -0.3 is 20.1 Å². The standard InChI is InChI=1S/C15H18N2O4/c1-15-7-10(12(13(18)16-15)14(19)17-15)9-5-4-8(20-2)6-11(9)21-3/h4-6,10,12H,7H2,1-3H3,(H,16,18)(H,17,19). The smallest absolute Gasteiger partial charge is 0.235 e. The first-order valence-corrected chi connectivity index (χ1v) is 6.83. The predicted octanol–water partition coefficient (Wildman–Crippen LogP) is 0.769. The van der Waals surface area contributed by atoms with Crippen LogP contribution in [0.3, 0.4) is 0 Å². The number of benzene rings is 1. The zero-order valence-electron chi connectivity index (χ0n) is 12.2. The third kappa shape index (κ3) is 2.11. The molecule has 2 bridgehead atoms. The molecular weight excluding hydrogens is 272 g/mol. The number of rotatable bonds is 3. The fraction of sp³-hybridized carbons (Fsp3) is 0.467. The van der Waals surface area contributed by atoms with Crippen LogP contribution in [0.1, 0.15) is 24.8 Å². The molecule has 1 atom stereocenters. The summed E-state index contributed by atoms with van der Waals surface area (Å²) in [6.07, 6.45) is 0.637. The fourth-order valence-corrected chi connectivity index (χ4v) is 3.29. The van der Waals surface area contributed by atoms with Gasteiger partial charge in [0, 0.05) is 12.0 Å². The maximum Gasteiger partial charge on any atom is 0.235 e. The quantitative estimate of drug-likeness (QED) is 0.806. The lowest BCUT2D eigenvalue weighted by Gasteiger charge is -2.48. The molecule has 3 aliphatic heterocycles. The molecule has 3 aliphatic rings. The van der Waals surface area contributed by atoms with Gasteiger partial charge in [-0.25, -0.2) is 0 Å². The van der Waals surface area contributed by atoms with Crippen LogP contribution in [0.15, 0.2) is 18.2 Å². The van der Waals surface area contributed by atoms with Gasteiger partial charge in [-0.2, -0.15) is 0 Å². The molecule has 1 aromatic carbocycles. The molecule has 112 valence electrons. The van der Waals surface area contributed by atoms with E-state index < -0.39 is 11.6 Å². The lowest BCUT2D eigenvalue weighted by Crippen LogP contribution is -2.72. The van der Waals surface area contributed by atoms with Crippen molar-refractivity contribution in [2.24, 2.45) is 5.92 Å². The number of amides is 2. The summed E-state index contributed by atoms with van der Waals surface area (Å²) in [5.41, 5.74) is 0.164. The van der Waals surface area contributed by atoms with Gasteiger partial charge in [-0.15, -0.1) is 0 Å². The van der Waals surface area contributed by atoms with E-state index in [1.54, 1.807) is 20.3 Å². The van der Waals surface area contributed by atoms with E-state index in [0.717, 1.165) is 5.56 Å². The van der Waals surface area contributed by atoms with Crippen molar-refractivity contribution < 1.29 is 19.1 Å². The molecular formula is C15H18N2O4. The number of piperidine rings is 2. The van der Waals surface area contributed by atoms with Crippen molar-refractivity contribution in [2.75, 3.05) is 14.2 Å². The van der Waals surface area contributed by atoms with Gasteiger partial charge in [0.05, 0.1) is 14.2 Å². The molecule has 3 saturated heterocycles. The van der Waals surface area contributed by atoms with Crippen molar-refractivity contribution >= 4 is 11.8 Å². The predicted molar refractivity (Wildman–Crippen MR) is 75.1 cm³/mol. The summed E-state index contributed by atoms with van der Waals surface area (Å²) in [7, 11) is 3.15. The molecule has 2 amide bonds. The number of carbonyl (C=O) groups is 2. The van der Waals surface area contributed by atoms with Crippen molar-refractivity contribution in [3.8, 4) is 11.5 Å². The first-order chi connectivity index (χ1) is 9.97. The SMILES string of the molecule is COc1ccc(C2CC3(C)NC(=O)C2C(=O)N3)c(OC)c1. The summed E-state index contributed by atoms with van der Waals surface area (Å²) >= 11 is 0. The monoisotopic (exact) mass is 290 g/mol. The lowest BCUT2D eigenvalue weighted by molar-refractivity contribution is -0.149. The molecule has 6 heteroatoms. The third-order valence-electron chi connectivity index (χ3n) is 4.23. The number of hydrogen-bond acceptors (Lipinski definition) is 4. The Morgan fingerprint density at radius 2 is 1.81 bits per heavy atom. The molecule has 1 aromatic rings. The van der Waals surface area contributed by atoms with Crippen molar-refractivity contribution in [2.45, 2.75) is 24.9 Å². The van der Waals surface area contributed by atoms with Crippen LogP contribution in [0.5, 0.6) is 11.5 Å². The molecule has 3 fully saturated rings. The maximum atomic E-state index is 12.1. The van der Waals surface area contributed by atoms with Gasteiger partial charge >= 0.3 is 0 Å². The summed E-state index contributed by atoms with van der Waals surface area (Å²) in [4.78, 5) is 24.3. The molecule has 0 spiro atoms. The highest BCUT2D eigenvalue weighted by Gasteiger charge is 2.53. The van der Waals surface area contributed by atoms with Gasteiger partial charge in [-0.1, -0.05) is 6.07 Å². The summed E-state index contributed by atoms with van der Waals surface area (Å²) in [5.74, 6) is -0.0500. The highest BCUT2D eigenvalue weighted by Crippen LogP contribution is 2.44. The first kappa shape index (κ1) is 13.7. The minimum absolute atomic E-state index is 0.196. The highest BCUT2D eigenvalue weighted by molar-refractivity contribution is 6.05. The molecule has 1 unspecified atom stereocenters. The Balaban J connectivity index is 2.04. The van der Waals surface area contributed by atoms with Crippen LogP contribution in [-0.4, -0.2) is 31.7 Å². The van der Waals surface area contributed by atoms with Crippen LogP contribution >= 0.6 is 0 Å². The van der Waals surface area contributed by atoms with Crippen LogP contribution in [0.2, 0.25) is 0 Å². The topological polar surface area (TPSA) is 76.7 Å². The molecule has 0 aliphatic carbocycles. The molecule has 4 rings (SSSR count). The Hall–Kier alpha value is -2.24. The van der Waals surface area contributed by atoms with Gasteiger partial charge in [0.25, 0.3) is 0 Å². The Bertz CT molecular complexity index is 596. The van der Waals surface area contributed by atoms with Crippen LogP contribution in [0.4, 0.5) is 0 Å². The largest absolute Gasteiger partial charge is 0.497 e. The number of ether oxygens (including phenoxy) is 2. The van der Waals surface area contributed by atoms with Gasteiger partial charge in [0.1, 0.15) is 23.1 Å². The van der Waals surface area contributed by atoms with E-state index in [4.69, 9.17) is 9.47 Å². The number of carbonyl (C=O) groups excluding carboxylic acids is 2. The second-order valence-corrected chi connectivity index (χ2v) is 5.71. The van der Waals surface area contributed by atoms with Gasteiger partial charge in [-0.05, 0) is 25.0 Å². The summed E-state index contributed by atoms with van der Waals surface area (Å²) in [6, 6.07) is 5.46. The number of methoxy groups -OCH3 is 2. The Morgan fingerprint density at radius 3 is 2.33 bits per heavy atom. The lowest BCUT2D eigenvalue weighted by atomic mass is 9.72. The van der Waals surface area contributed by atoms with E-state index >= 15 is 0 Å². The molecule has 2 N–H and O–H groups in total. The number of fused-ring (bicyclic) bond motifs is 3. The molecule has 0 radical (unpaired) electrons. The zero-order chi connectivity index (χ0) is 15.2. The molecule has 6 nitrogen and oxygen atoms in total. The second-order valence-electron chi connectivity index (χ2n) is 5.71. The van der Waals surface area contributed by atoms with Crippen LogP contribution < -0.4 is 20.1 Å². The number of nitrogens with one attached hydrogen (secondary N) is 2. The summed E-state index contributed by atoms with van der Waals surface area (Å²) < 4.78 is 10.6. The van der Waals surface area contributed by atoms with Crippen molar-refractivity contribution in [3.63, 3.8) is 0 Å². The summed E-state index contributed by atoms with van der Waals surface area (Å²) in [6.45, 7) is 1.82. The van der Waals surface area contributed by atoms with E-state index in [0.29, 0.717) is 17.9 Å². The van der Waals surface area contributed by atoms with Crippen LogP contribution in [0.25, 0.3) is 0 Å². The van der Waals surface area contributed by atoms with Crippen LogP contribution in [-0.2, 0) is 9.59 Å². The minimum atomic E-state index is -0.714. The van der Waals surface area contributed by atoms with Gasteiger partial charge in [0.2, 0.25) is 11.8 Å². The molecule has 0 aromatic heterocycles. The number of hydrogen-bond donors (Lipinski definition) is 2. The van der Waals surface area contributed by atoms with E-state index in [1.807, 2.05) is 19.1 Å². The van der Waals surface area contributed by atoms with Crippen LogP contribution in [0, 0.1) is 5.92 Å². The second kappa shape index (κ2) is 4.65.